The van der Waals surface area contributed by atoms with E-state index >= 15 is 0 Å². The molecule has 1 heterocycles. The van der Waals surface area contributed by atoms with Crippen LogP contribution in [0.15, 0.2) is 18.2 Å². The second-order valence-electron chi connectivity index (χ2n) is 6.28. The first-order valence-electron chi connectivity index (χ1n) is 6.41. The van der Waals surface area contributed by atoms with Gasteiger partial charge in [-0.3, -0.25) is 4.98 Å². The van der Waals surface area contributed by atoms with E-state index in [9.17, 15) is 5.11 Å². The van der Waals surface area contributed by atoms with E-state index in [0.29, 0.717) is 12.3 Å². The van der Waals surface area contributed by atoms with E-state index in [0.717, 1.165) is 5.69 Å². The van der Waals surface area contributed by atoms with Gasteiger partial charge in [0.2, 0.25) is 0 Å². The lowest BCUT2D eigenvalue weighted by atomic mass is 10.2. The summed E-state index contributed by atoms with van der Waals surface area (Å²) in [4.78, 5) is 4.40. The van der Waals surface area contributed by atoms with Crippen LogP contribution in [0.3, 0.4) is 0 Å². The molecule has 0 fully saturated rings. The van der Waals surface area contributed by atoms with E-state index in [1.807, 2.05) is 18.2 Å². The average molecular weight is 267 g/mol. The van der Waals surface area contributed by atoms with Gasteiger partial charge in [0.1, 0.15) is 0 Å². The van der Waals surface area contributed by atoms with E-state index in [-0.39, 0.29) is 5.04 Å². The van der Waals surface area contributed by atoms with E-state index in [1.165, 1.54) is 0 Å². The Morgan fingerprint density at radius 2 is 1.94 bits per heavy atom. The molecule has 0 saturated carbocycles. The van der Waals surface area contributed by atoms with E-state index in [4.69, 9.17) is 4.43 Å². The van der Waals surface area contributed by atoms with Gasteiger partial charge in [-0.2, -0.15) is 0 Å². The van der Waals surface area contributed by atoms with Gasteiger partial charge in [-0.25, -0.2) is 0 Å². The molecule has 1 atom stereocenters. The maximum Gasteiger partial charge on any atom is 0.192 e. The molecule has 1 N–H and O–H groups in total. The number of hydrogen-bond donors (Lipinski definition) is 1. The zero-order valence-electron chi connectivity index (χ0n) is 12.3. The third-order valence-electron chi connectivity index (χ3n) is 3.64. The summed E-state index contributed by atoms with van der Waals surface area (Å²) in [6.07, 6.45) is -0.530. The highest BCUT2D eigenvalue weighted by molar-refractivity contribution is 6.74. The molecule has 0 saturated heterocycles. The molecule has 0 aliphatic carbocycles. The van der Waals surface area contributed by atoms with Crippen molar-refractivity contribution in [3.05, 3.63) is 29.6 Å². The van der Waals surface area contributed by atoms with Crippen molar-refractivity contribution in [2.24, 2.45) is 0 Å². The lowest BCUT2D eigenvalue weighted by Crippen LogP contribution is -2.40. The fourth-order valence-corrected chi connectivity index (χ4v) is 2.22. The Bertz CT molecular complexity index is 397. The molecule has 0 aliphatic rings. The number of aliphatic hydroxyl groups excluding tert-OH is 1. The van der Waals surface area contributed by atoms with Crippen molar-refractivity contribution in [1.82, 2.24) is 4.98 Å². The summed E-state index contributed by atoms with van der Waals surface area (Å²) >= 11 is 0. The molecular weight excluding hydrogens is 242 g/mol. The standard InChI is InChI=1S/C14H25NO2Si/c1-11(16)13-9-7-8-12(15-13)10-17-18(5,6)14(2,3)4/h7-9,11,16H,10H2,1-6H3/t11-/m0/s1. The molecular formula is C14H25NO2Si. The molecule has 0 aliphatic heterocycles. The Kier molecular flexibility index (Phi) is 4.70. The van der Waals surface area contributed by atoms with Crippen molar-refractivity contribution in [2.45, 2.75) is 58.5 Å². The molecule has 0 spiro atoms. The van der Waals surface area contributed by atoms with E-state index < -0.39 is 14.4 Å². The van der Waals surface area contributed by atoms with Gasteiger partial charge in [0.25, 0.3) is 0 Å². The van der Waals surface area contributed by atoms with Gasteiger partial charge in [0.05, 0.1) is 24.1 Å². The summed E-state index contributed by atoms with van der Waals surface area (Å²) in [6.45, 7) is 13.4. The smallest absolute Gasteiger partial charge is 0.192 e. The summed E-state index contributed by atoms with van der Waals surface area (Å²) in [7, 11) is -1.73. The summed E-state index contributed by atoms with van der Waals surface area (Å²) in [5.41, 5.74) is 1.59. The van der Waals surface area contributed by atoms with Gasteiger partial charge >= 0.3 is 0 Å². The fourth-order valence-electron chi connectivity index (χ4n) is 1.28. The van der Waals surface area contributed by atoms with Crippen LogP contribution in [0, 0.1) is 0 Å². The minimum Gasteiger partial charge on any atom is -0.411 e. The third-order valence-corrected chi connectivity index (χ3v) is 8.12. The first kappa shape index (κ1) is 15.3. The monoisotopic (exact) mass is 267 g/mol. The fraction of sp³-hybridized carbons (Fsp3) is 0.643. The predicted molar refractivity (Wildman–Crippen MR) is 76.9 cm³/mol. The van der Waals surface area contributed by atoms with E-state index in [1.54, 1.807) is 6.92 Å². The van der Waals surface area contributed by atoms with Gasteiger partial charge in [-0.05, 0) is 37.2 Å². The average Bonchev–Trinajstić information content (AvgIpc) is 2.25. The third kappa shape index (κ3) is 3.90. The summed E-state index contributed by atoms with van der Waals surface area (Å²) in [6, 6.07) is 5.69. The number of rotatable bonds is 4. The van der Waals surface area contributed by atoms with Crippen LogP contribution >= 0.6 is 0 Å². The van der Waals surface area contributed by atoms with Gasteiger partial charge < -0.3 is 9.53 Å². The molecule has 0 amide bonds. The Morgan fingerprint density at radius 1 is 1.33 bits per heavy atom. The van der Waals surface area contributed by atoms with Gasteiger partial charge in [0, 0.05) is 0 Å². The van der Waals surface area contributed by atoms with E-state index in [2.05, 4.69) is 38.8 Å². The van der Waals surface area contributed by atoms with Crippen molar-refractivity contribution in [1.29, 1.82) is 0 Å². The van der Waals surface area contributed by atoms with Crippen molar-refractivity contribution in [2.75, 3.05) is 0 Å². The SMILES string of the molecule is C[C@H](O)c1cccc(CO[Si](C)(C)C(C)(C)C)n1. The highest BCUT2D eigenvalue weighted by atomic mass is 28.4. The van der Waals surface area contributed by atoms with Crippen LogP contribution in [0.25, 0.3) is 0 Å². The van der Waals surface area contributed by atoms with Crippen molar-refractivity contribution in [3.8, 4) is 0 Å². The molecule has 0 bridgehead atoms. The molecule has 3 nitrogen and oxygen atoms in total. The predicted octanol–water partition coefficient (Wildman–Crippen LogP) is 3.66. The minimum absolute atomic E-state index is 0.203. The van der Waals surface area contributed by atoms with Crippen molar-refractivity contribution >= 4 is 8.32 Å². The zero-order valence-corrected chi connectivity index (χ0v) is 13.3. The lowest BCUT2D eigenvalue weighted by Gasteiger charge is -2.36. The molecule has 4 heteroatoms. The molecule has 0 aromatic carbocycles. The Hall–Kier alpha value is -0.713. The Balaban J connectivity index is 2.72. The highest BCUT2D eigenvalue weighted by Gasteiger charge is 2.37. The van der Waals surface area contributed by atoms with Gasteiger partial charge in [-0.15, -0.1) is 0 Å². The molecule has 18 heavy (non-hydrogen) atoms. The molecule has 1 rings (SSSR count). The van der Waals surface area contributed by atoms with Crippen LogP contribution in [-0.4, -0.2) is 18.4 Å². The summed E-state index contributed by atoms with van der Waals surface area (Å²) in [5, 5.41) is 9.71. The minimum atomic E-state index is -1.73. The molecule has 1 aromatic rings. The highest BCUT2D eigenvalue weighted by Crippen LogP contribution is 2.36. The molecule has 102 valence electrons. The van der Waals surface area contributed by atoms with Crippen LogP contribution < -0.4 is 0 Å². The topological polar surface area (TPSA) is 42.4 Å². The van der Waals surface area contributed by atoms with Crippen LogP contribution in [0.1, 0.15) is 45.2 Å². The molecule has 0 unspecified atom stereocenters. The molecule has 1 aromatic heterocycles. The van der Waals surface area contributed by atoms with Crippen LogP contribution in [0.4, 0.5) is 0 Å². The van der Waals surface area contributed by atoms with Crippen LogP contribution in [0.5, 0.6) is 0 Å². The first-order valence-corrected chi connectivity index (χ1v) is 9.32. The summed E-state index contributed by atoms with van der Waals surface area (Å²) in [5.74, 6) is 0. The second kappa shape index (κ2) is 5.51. The van der Waals surface area contributed by atoms with Crippen molar-refractivity contribution in [3.63, 3.8) is 0 Å². The first-order chi connectivity index (χ1) is 8.13. The number of nitrogens with zero attached hydrogens (tertiary/aromatic N) is 1. The second-order valence-corrected chi connectivity index (χ2v) is 11.1. The van der Waals surface area contributed by atoms with Crippen molar-refractivity contribution < 1.29 is 9.53 Å². The maximum atomic E-state index is 9.51. The van der Waals surface area contributed by atoms with Gasteiger partial charge in [-0.1, -0.05) is 26.8 Å². The molecule has 0 radical (unpaired) electrons. The number of aromatic nitrogens is 1. The number of pyridine rings is 1. The van der Waals surface area contributed by atoms with Crippen LogP contribution in [0.2, 0.25) is 18.1 Å². The van der Waals surface area contributed by atoms with Crippen LogP contribution in [-0.2, 0) is 11.0 Å². The summed E-state index contributed by atoms with van der Waals surface area (Å²) < 4.78 is 6.11. The normalized spacial score (nSPS) is 14.6. The maximum absolute atomic E-state index is 9.51. The van der Waals surface area contributed by atoms with Gasteiger partial charge in [0.15, 0.2) is 8.32 Å². The zero-order chi connectivity index (χ0) is 14.0. The number of hydrogen-bond acceptors (Lipinski definition) is 3. The largest absolute Gasteiger partial charge is 0.411 e. The quantitative estimate of drug-likeness (QED) is 0.847. The number of aliphatic hydroxyl groups is 1. The lowest BCUT2D eigenvalue weighted by molar-refractivity contribution is 0.193. The Labute approximate surface area is 111 Å². The Morgan fingerprint density at radius 3 is 2.44 bits per heavy atom.